The van der Waals surface area contributed by atoms with Crippen molar-refractivity contribution < 1.29 is 13.2 Å². The summed E-state index contributed by atoms with van der Waals surface area (Å²) in [6, 6.07) is 10.5. The Labute approximate surface area is 126 Å². The van der Waals surface area contributed by atoms with Crippen molar-refractivity contribution in [3.63, 3.8) is 0 Å². The maximum atomic E-state index is 12.4. The lowest BCUT2D eigenvalue weighted by Crippen LogP contribution is -2.05. The smallest absolute Gasteiger partial charge is 0.249 e. The second kappa shape index (κ2) is 6.13. The van der Waals surface area contributed by atoms with Gasteiger partial charge in [0.1, 0.15) is 0 Å². The molecule has 1 heterocycles. The molecule has 0 N–H and O–H groups in total. The van der Waals surface area contributed by atoms with Gasteiger partial charge in [-0.2, -0.15) is 13.2 Å². The molecule has 0 spiro atoms. The molecular weight excluding hydrogens is 386 g/mol. The standard InChI is InChI=1S/C13H9F3INS/c14-13(15,16)10-3-6-12(18-7-10)19-8-9-1-4-11(17)5-2-9/h1-7H,8H2. The number of benzene rings is 1. The highest BCUT2D eigenvalue weighted by Gasteiger charge is 2.30. The van der Waals surface area contributed by atoms with Gasteiger partial charge in [-0.05, 0) is 52.4 Å². The summed E-state index contributed by atoms with van der Waals surface area (Å²) < 4.78 is 38.2. The molecule has 0 unspecified atom stereocenters. The molecule has 0 saturated carbocycles. The lowest BCUT2D eigenvalue weighted by molar-refractivity contribution is -0.137. The van der Waals surface area contributed by atoms with Crippen LogP contribution in [-0.2, 0) is 11.9 Å². The second-order valence-electron chi connectivity index (χ2n) is 3.80. The van der Waals surface area contributed by atoms with E-state index in [4.69, 9.17) is 0 Å². The van der Waals surface area contributed by atoms with Gasteiger partial charge < -0.3 is 0 Å². The fourth-order valence-electron chi connectivity index (χ4n) is 1.37. The van der Waals surface area contributed by atoms with Gasteiger partial charge >= 0.3 is 6.18 Å². The predicted molar refractivity (Wildman–Crippen MR) is 78.0 cm³/mol. The molecule has 0 aliphatic heterocycles. The molecule has 2 aromatic rings. The van der Waals surface area contributed by atoms with E-state index in [9.17, 15) is 13.2 Å². The maximum absolute atomic E-state index is 12.4. The number of aromatic nitrogens is 1. The molecule has 0 bridgehead atoms. The molecule has 6 heteroatoms. The first kappa shape index (κ1) is 14.6. The number of nitrogens with zero attached hydrogens (tertiary/aromatic N) is 1. The third-order valence-electron chi connectivity index (χ3n) is 2.36. The molecule has 1 aromatic heterocycles. The highest BCUT2D eigenvalue weighted by atomic mass is 127. The van der Waals surface area contributed by atoms with Gasteiger partial charge in [0.15, 0.2) is 0 Å². The number of rotatable bonds is 3. The molecule has 1 aromatic carbocycles. The van der Waals surface area contributed by atoms with Crippen LogP contribution in [0.25, 0.3) is 0 Å². The van der Waals surface area contributed by atoms with E-state index in [2.05, 4.69) is 27.6 Å². The van der Waals surface area contributed by atoms with Crippen LogP contribution in [0, 0.1) is 3.57 Å². The third-order valence-corrected chi connectivity index (χ3v) is 4.10. The van der Waals surface area contributed by atoms with E-state index < -0.39 is 11.7 Å². The van der Waals surface area contributed by atoms with Gasteiger partial charge in [-0.15, -0.1) is 11.8 Å². The summed E-state index contributed by atoms with van der Waals surface area (Å²) in [6.07, 6.45) is -3.46. The number of thioether (sulfide) groups is 1. The molecule has 0 amide bonds. The first-order valence-electron chi connectivity index (χ1n) is 5.35. The minimum Gasteiger partial charge on any atom is -0.249 e. The van der Waals surface area contributed by atoms with E-state index in [-0.39, 0.29) is 0 Å². The van der Waals surface area contributed by atoms with Crippen LogP contribution in [0.1, 0.15) is 11.1 Å². The van der Waals surface area contributed by atoms with Crippen molar-refractivity contribution in [2.24, 2.45) is 0 Å². The molecule has 0 fully saturated rings. The zero-order chi connectivity index (χ0) is 13.9. The Hall–Kier alpha value is -0.760. The van der Waals surface area contributed by atoms with Gasteiger partial charge in [0.25, 0.3) is 0 Å². The molecule has 0 atom stereocenters. The molecule has 0 aliphatic rings. The molecule has 0 saturated heterocycles. The van der Waals surface area contributed by atoms with Gasteiger partial charge in [-0.1, -0.05) is 12.1 Å². The minimum atomic E-state index is -4.33. The van der Waals surface area contributed by atoms with Crippen molar-refractivity contribution in [2.75, 3.05) is 0 Å². The Bertz CT molecular complexity index is 537. The maximum Gasteiger partial charge on any atom is 0.417 e. The van der Waals surface area contributed by atoms with Crippen LogP contribution in [0.15, 0.2) is 47.6 Å². The van der Waals surface area contributed by atoms with E-state index in [1.54, 1.807) is 0 Å². The normalized spacial score (nSPS) is 11.6. The van der Waals surface area contributed by atoms with Gasteiger partial charge in [0, 0.05) is 15.5 Å². The fraction of sp³-hybridized carbons (Fsp3) is 0.154. The van der Waals surface area contributed by atoms with Crippen LogP contribution in [0.5, 0.6) is 0 Å². The SMILES string of the molecule is FC(F)(F)c1ccc(SCc2ccc(I)cc2)nc1. The van der Waals surface area contributed by atoms with Crippen molar-refractivity contribution in [3.8, 4) is 0 Å². The number of alkyl halides is 3. The summed E-state index contributed by atoms with van der Waals surface area (Å²) in [4.78, 5) is 3.82. The summed E-state index contributed by atoms with van der Waals surface area (Å²) in [6.45, 7) is 0. The number of halogens is 4. The summed E-state index contributed by atoms with van der Waals surface area (Å²) in [5.41, 5.74) is 0.401. The third kappa shape index (κ3) is 4.38. The van der Waals surface area contributed by atoms with E-state index in [1.165, 1.54) is 17.8 Å². The zero-order valence-electron chi connectivity index (χ0n) is 9.62. The average Bonchev–Trinajstić information content (AvgIpc) is 2.37. The predicted octanol–water partition coefficient (Wildman–Crippen LogP) is 5.00. The fourth-order valence-corrected chi connectivity index (χ4v) is 2.53. The lowest BCUT2D eigenvalue weighted by Gasteiger charge is -2.06. The Kier molecular flexibility index (Phi) is 4.72. The van der Waals surface area contributed by atoms with Crippen LogP contribution in [0.4, 0.5) is 13.2 Å². The van der Waals surface area contributed by atoms with E-state index >= 15 is 0 Å². The summed E-state index contributed by atoms with van der Waals surface area (Å²) >= 11 is 3.64. The van der Waals surface area contributed by atoms with Crippen LogP contribution >= 0.6 is 34.4 Å². The van der Waals surface area contributed by atoms with Crippen LogP contribution in [0.2, 0.25) is 0 Å². The van der Waals surface area contributed by atoms with E-state index in [0.717, 1.165) is 21.4 Å². The number of hydrogen-bond donors (Lipinski definition) is 0. The van der Waals surface area contributed by atoms with E-state index in [1.807, 2.05) is 24.3 Å². The highest BCUT2D eigenvalue weighted by Crippen LogP contribution is 2.30. The van der Waals surface area contributed by atoms with Crippen molar-refractivity contribution in [1.82, 2.24) is 4.98 Å². The summed E-state index contributed by atoms with van der Waals surface area (Å²) in [5, 5.41) is 0.589. The summed E-state index contributed by atoms with van der Waals surface area (Å²) in [5.74, 6) is 0.690. The Morgan fingerprint density at radius 2 is 1.74 bits per heavy atom. The quantitative estimate of drug-likeness (QED) is 0.536. The molecule has 1 nitrogen and oxygen atoms in total. The van der Waals surface area contributed by atoms with Crippen molar-refractivity contribution in [2.45, 2.75) is 17.0 Å². The van der Waals surface area contributed by atoms with Crippen molar-refractivity contribution in [3.05, 3.63) is 57.3 Å². The first-order chi connectivity index (χ1) is 8.95. The van der Waals surface area contributed by atoms with Crippen LogP contribution in [0.3, 0.4) is 0 Å². The minimum absolute atomic E-state index is 0.589. The largest absolute Gasteiger partial charge is 0.417 e. The van der Waals surface area contributed by atoms with Crippen LogP contribution < -0.4 is 0 Å². The Morgan fingerprint density at radius 1 is 1.05 bits per heavy atom. The topological polar surface area (TPSA) is 12.9 Å². The molecule has 2 rings (SSSR count). The molecule has 0 radical (unpaired) electrons. The molecule has 0 aliphatic carbocycles. The number of pyridine rings is 1. The second-order valence-corrected chi connectivity index (χ2v) is 6.04. The van der Waals surface area contributed by atoms with E-state index in [0.29, 0.717) is 10.8 Å². The van der Waals surface area contributed by atoms with Gasteiger partial charge in [-0.3, -0.25) is 0 Å². The highest BCUT2D eigenvalue weighted by molar-refractivity contribution is 14.1. The van der Waals surface area contributed by atoms with Crippen molar-refractivity contribution >= 4 is 34.4 Å². The first-order valence-corrected chi connectivity index (χ1v) is 7.42. The zero-order valence-corrected chi connectivity index (χ0v) is 12.6. The van der Waals surface area contributed by atoms with Gasteiger partial charge in [-0.25, -0.2) is 4.98 Å². The van der Waals surface area contributed by atoms with Crippen molar-refractivity contribution in [1.29, 1.82) is 0 Å². The number of hydrogen-bond acceptors (Lipinski definition) is 2. The molecule has 100 valence electrons. The Balaban J connectivity index is 1.98. The molecule has 19 heavy (non-hydrogen) atoms. The summed E-state index contributed by atoms with van der Waals surface area (Å²) in [7, 11) is 0. The van der Waals surface area contributed by atoms with Crippen LogP contribution in [-0.4, -0.2) is 4.98 Å². The van der Waals surface area contributed by atoms with Gasteiger partial charge in [0.2, 0.25) is 0 Å². The lowest BCUT2D eigenvalue weighted by atomic mass is 10.2. The molecular formula is C13H9F3INS. The monoisotopic (exact) mass is 395 g/mol. The Morgan fingerprint density at radius 3 is 2.26 bits per heavy atom. The average molecular weight is 395 g/mol. The van der Waals surface area contributed by atoms with Gasteiger partial charge in [0.05, 0.1) is 10.6 Å².